The maximum Gasteiger partial charge on any atom is 0.308 e. The van der Waals surface area contributed by atoms with Gasteiger partial charge in [-0.15, -0.1) is 0 Å². The zero-order valence-corrected chi connectivity index (χ0v) is 8.69. The molecule has 1 heterocycles. The number of nitrogens with zero attached hydrogens (tertiary/aromatic N) is 1. The molecule has 0 bridgehead atoms. The van der Waals surface area contributed by atoms with E-state index < -0.39 is 11.9 Å². The van der Waals surface area contributed by atoms with Gasteiger partial charge in [-0.3, -0.25) is 9.59 Å². The first-order valence-electron chi connectivity index (χ1n) is 5.26. The molecule has 1 aliphatic rings. The van der Waals surface area contributed by atoms with Crippen LogP contribution in [0.4, 0.5) is 0 Å². The maximum absolute atomic E-state index is 11.4. The molecule has 1 aliphatic heterocycles. The minimum absolute atomic E-state index is 0.0328. The first kappa shape index (κ1) is 12.0. The van der Waals surface area contributed by atoms with Crippen LogP contribution < -0.4 is 0 Å². The van der Waals surface area contributed by atoms with Gasteiger partial charge in [-0.2, -0.15) is 0 Å². The van der Waals surface area contributed by atoms with Crippen molar-refractivity contribution in [2.24, 2.45) is 5.92 Å². The summed E-state index contributed by atoms with van der Waals surface area (Å²) in [4.78, 5) is 23.8. The van der Waals surface area contributed by atoms with Gasteiger partial charge in [-0.1, -0.05) is 0 Å². The molecule has 0 aromatic heterocycles. The van der Waals surface area contributed by atoms with Gasteiger partial charge in [0.25, 0.3) is 0 Å². The molecule has 0 aliphatic carbocycles. The smallest absolute Gasteiger partial charge is 0.308 e. The van der Waals surface area contributed by atoms with Crippen molar-refractivity contribution in [3.05, 3.63) is 0 Å². The largest absolute Gasteiger partial charge is 0.481 e. The summed E-state index contributed by atoms with van der Waals surface area (Å²) in [5, 5.41) is 17.4. The minimum Gasteiger partial charge on any atom is -0.481 e. The number of amides is 1. The second kappa shape index (κ2) is 5.70. The lowest BCUT2D eigenvalue weighted by Crippen LogP contribution is -2.42. The van der Waals surface area contributed by atoms with Crippen LogP contribution in [0.25, 0.3) is 0 Å². The molecule has 1 unspecified atom stereocenters. The Labute approximate surface area is 88.7 Å². The molecule has 2 N–H and O–H groups in total. The van der Waals surface area contributed by atoms with Crippen molar-refractivity contribution < 1.29 is 19.8 Å². The van der Waals surface area contributed by atoms with Crippen molar-refractivity contribution >= 4 is 11.9 Å². The molecule has 0 radical (unpaired) electrons. The van der Waals surface area contributed by atoms with Gasteiger partial charge < -0.3 is 15.1 Å². The molecule has 5 heteroatoms. The summed E-state index contributed by atoms with van der Waals surface area (Å²) >= 11 is 0. The second-order valence-corrected chi connectivity index (χ2v) is 3.84. The Morgan fingerprint density at radius 2 is 2.20 bits per heavy atom. The van der Waals surface area contributed by atoms with Crippen LogP contribution >= 0.6 is 0 Å². The van der Waals surface area contributed by atoms with Crippen LogP contribution in [0.15, 0.2) is 0 Å². The topological polar surface area (TPSA) is 77.8 Å². The molecule has 0 aromatic carbocycles. The number of hydrogen-bond acceptors (Lipinski definition) is 3. The van der Waals surface area contributed by atoms with E-state index in [-0.39, 0.29) is 12.5 Å². The molecular formula is C10H17NO4. The number of carboxylic acids is 1. The fraction of sp³-hybridized carbons (Fsp3) is 0.800. The number of carbonyl (C=O) groups is 2. The van der Waals surface area contributed by atoms with Crippen molar-refractivity contribution in [2.75, 3.05) is 19.7 Å². The monoisotopic (exact) mass is 215 g/mol. The highest BCUT2D eigenvalue weighted by Gasteiger charge is 2.29. The summed E-state index contributed by atoms with van der Waals surface area (Å²) in [6.07, 6.45) is 2.16. The number of hydrogen-bond donors (Lipinski definition) is 2. The van der Waals surface area contributed by atoms with Gasteiger partial charge in [0.15, 0.2) is 0 Å². The molecule has 0 aromatic rings. The molecule has 0 saturated carbocycles. The first-order valence-corrected chi connectivity index (χ1v) is 5.26. The molecule has 1 saturated heterocycles. The summed E-state index contributed by atoms with van der Waals surface area (Å²) < 4.78 is 0. The number of piperidine rings is 1. The van der Waals surface area contributed by atoms with Crippen molar-refractivity contribution in [2.45, 2.75) is 25.7 Å². The molecular weight excluding hydrogens is 198 g/mol. The van der Waals surface area contributed by atoms with Crippen LogP contribution in [-0.4, -0.2) is 46.7 Å². The second-order valence-electron chi connectivity index (χ2n) is 3.84. The van der Waals surface area contributed by atoms with Crippen molar-refractivity contribution in [1.82, 2.24) is 4.90 Å². The van der Waals surface area contributed by atoms with E-state index in [1.54, 1.807) is 4.90 Å². The van der Waals surface area contributed by atoms with Gasteiger partial charge in [0.1, 0.15) is 0 Å². The third kappa shape index (κ3) is 3.51. The number of aliphatic hydroxyl groups is 1. The molecule has 86 valence electrons. The van der Waals surface area contributed by atoms with E-state index in [0.29, 0.717) is 32.4 Å². The van der Waals surface area contributed by atoms with Crippen molar-refractivity contribution in [3.63, 3.8) is 0 Å². The standard InChI is InChI=1S/C10H17NO4/c12-6-2-1-5-11-7-8(10(14)15)3-4-9(11)13/h8,12H,1-7H2,(H,14,15). The van der Waals surface area contributed by atoms with Crippen LogP contribution in [0.1, 0.15) is 25.7 Å². The van der Waals surface area contributed by atoms with E-state index in [9.17, 15) is 9.59 Å². The third-order valence-electron chi connectivity index (χ3n) is 2.69. The number of aliphatic hydroxyl groups excluding tert-OH is 1. The van der Waals surface area contributed by atoms with Crippen LogP contribution in [0.2, 0.25) is 0 Å². The van der Waals surface area contributed by atoms with Gasteiger partial charge in [0.2, 0.25) is 5.91 Å². The molecule has 15 heavy (non-hydrogen) atoms. The van der Waals surface area contributed by atoms with E-state index in [2.05, 4.69) is 0 Å². The number of carboxylic acid groups (broad SMARTS) is 1. The Balaban J connectivity index is 2.39. The zero-order chi connectivity index (χ0) is 11.3. The van der Waals surface area contributed by atoms with Crippen molar-refractivity contribution in [3.8, 4) is 0 Å². The average molecular weight is 215 g/mol. The molecule has 5 nitrogen and oxygen atoms in total. The molecule has 0 spiro atoms. The molecule has 1 fully saturated rings. The van der Waals surface area contributed by atoms with E-state index in [4.69, 9.17) is 10.2 Å². The number of likely N-dealkylation sites (tertiary alicyclic amines) is 1. The lowest BCUT2D eigenvalue weighted by molar-refractivity contribution is -0.147. The highest BCUT2D eigenvalue weighted by atomic mass is 16.4. The predicted molar refractivity (Wildman–Crippen MR) is 53.3 cm³/mol. The lowest BCUT2D eigenvalue weighted by atomic mass is 9.97. The normalized spacial score (nSPS) is 21.8. The van der Waals surface area contributed by atoms with E-state index in [1.165, 1.54) is 0 Å². The molecule has 1 rings (SSSR count). The van der Waals surface area contributed by atoms with Crippen molar-refractivity contribution in [1.29, 1.82) is 0 Å². The first-order chi connectivity index (χ1) is 7.15. The Bertz CT molecular complexity index is 242. The van der Waals surface area contributed by atoms with E-state index >= 15 is 0 Å². The third-order valence-corrected chi connectivity index (χ3v) is 2.69. The van der Waals surface area contributed by atoms with Gasteiger partial charge in [-0.05, 0) is 19.3 Å². The number of aliphatic carboxylic acids is 1. The summed E-state index contributed by atoms with van der Waals surface area (Å²) in [7, 11) is 0. The highest BCUT2D eigenvalue weighted by molar-refractivity contribution is 5.80. The van der Waals surface area contributed by atoms with Crippen LogP contribution in [0.5, 0.6) is 0 Å². The Morgan fingerprint density at radius 1 is 1.47 bits per heavy atom. The number of carbonyl (C=O) groups excluding carboxylic acids is 1. The Morgan fingerprint density at radius 3 is 2.80 bits per heavy atom. The summed E-state index contributed by atoms with van der Waals surface area (Å²) in [6.45, 7) is 0.993. The number of unbranched alkanes of at least 4 members (excludes halogenated alkanes) is 1. The predicted octanol–water partition coefficient (Wildman–Crippen LogP) is 0.0821. The average Bonchev–Trinajstić information content (AvgIpc) is 2.20. The van der Waals surface area contributed by atoms with Crippen LogP contribution in [-0.2, 0) is 9.59 Å². The Kier molecular flexibility index (Phi) is 4.55. The quantitative estimate of drug-likeness (QED) is 0.637. The van der Waals surface area contributed by atoms with Gasteiger partial charge >= 0.3 is 5.97 Å². The van der Waals surface area contributed by atoms with Crippen LogP contribution in [0, 0.1) is 5.92 Å². The highest BCUT2D eigenvalue weighted by Crippen LogP contribution is 2.18. The summed E-state index contributed by atoms with van der Waals surface area (Å²) in [5.74, 6) is -1.21. The van der Waals surface area contributed by atoms with Crippen LogP contribution in [0.3, 0.4) is 0 Å². The fourth-order valence-electron chi connectivity index (χ4n) is 1.75. The minimum atomic E-state index is -0.824. The van der Waals surface area contributed by atoms with E-state index in [0.717, 1.165) is 6.42 Å². The molecule has 1 atom stereocenters. The summed E-state index contributed by atoms with van der Waals surface area (Å²) in [5.41, 5.74) is 0. The SMILES string of the molecule is O=C(O)C1CCC(=O)N(CCCCO)C1. The molecule has 1 amide bonds. The lowest BCUT2D eigenvalue weighted by Gasteiger charge is -2.30. The zero-order valence-electron chi connectivity index (χ0n) is 8.69. The summed E-state index contributed by atoms with van der Waals surface area (Å²) in [6, 6.07) is 0. The maximum atomic E-state index is 11.4. The fourth-order valence-corrected chi connectivity index (χ4v) is 1.75. The van der Waals surface area contributed by atoms with E-state index in [1.807, 2.05) is 0 Å². The Hall–Kier alpha value is -1.10. The van der Waals surface area contributed by atoms with Gasteiger partial charge in [0, 0.05) is 26.1 Å². The van der Waals surface area contributed by atoms with Gasteiger partial charge in [-0.25, -0.2) is 0 Å². The van der Waals surface area contributed by atoms with Gasteiger partial charge in [0.05, 0.1) is 5.92 Å². The number of rotatable bonds is 5.